The molecule has 0 amide bonds. The molecule has 3 rings (SSSR count). The van der Waals surface area contributed by atoms with Gasteiger partial charge in [-0.15, -0.1) is 11.8 Å². The second-order valence-electron chi connectivity index (χ2n) is 4.80. The van der Waals surface area contributed by atoms with Gasteiger partial charge in [0.15, 0.2) is 0 Å². The van der Waals surface area contributed by atoms with Crippen molar-refractivity contribution in [2.45, 2.75) is 24.5 Å². The fourth-order valence-corrected chi connectivity index (χ4v) is 3.50. The Balaban J connectivity index is 1.85. The quantitative estimate of drug-likeness (QED) is 0.633. The Kier molecular flexibility index (Phi) is 4.11. The van der Waals surface area contributed by atoms with E-state index in [0.29, 0.717) is 10.0 Å². The van der Waals surface area contributed by atoms with Crippen molar-refractivity contribution in [3.05, 3.63) is 57.6 Å². The highest BCUT2D eigenvalue weighted by molar-refractivity contribution is 7.98. The number of halogens is 2. The lowest BCUT2D eigenvalue weighted by Crippen LogP contribution is -1.94. The van der Waals surface area contributed by atoms with Gasteiger partial charge in [0.2, 0.25) is 5.78 Å². The molecule has 0 N–H and O–H groups in total. The minimum atomic E-state index is 0.685. The molecule has 0 radical (unpaired) electrons. The Morgan fingerprint density at radius 2 is 1.95 bits per heavy atom. The second kappa shape index (κ2) is 5.87. The number of rotatable bonds is 3. The Bertz CT molecular complexity index is 814. The first kappa shape index (κ1) is 14.7. The molecule has 108 valence electrons. The van der Waals surface area contributed by atoms with Gasteiger partial charge in [0, 0.05) is 33.3 Å². The Morgan fingerprint density at radius 1 is 1.14 bits per heavy atom. The van der Waals surface area contributed by atoms with E-state index in [1.54, 1.807) is 17.8 Å². The molecule has 0 saturated heterocycles. The molecule has 3 aromatic rings. The molecular weight excluding hydrogens is 325 g/mol. The summed E-state index contributed by atoms with van der Waals surface area (Å²) in [6.45, 7) is 4.02. The number of aryl methyl sites for hydroxylation is 2. The Hall–Kier alpha value is -1.23. The number of nitrogens with zero attached hydrogens (tertiary/aromatic N) is 3. The number of hydrogen-bond donors (Lipinski definition) is 0. The van der Waals surface area contributed by atoms with Crippen LogP contribution in [-0.4, -0.2) is 14.4 Å². The zero-order valence-electron chi connectivity index (χ0n) is 11.6. The summed E-state index contributed by atoms with van der Waals surface area (Å²) in [7, 11) is 0. The molecule has 0 unspecified atom stereocenters. The third-order valence-electron chi connectivity index (χ3n) is 3.08. The topological polar surface area (TPSA) is 30.2 Å². The zero-order chi connectivity index (χ0) is 15.0. The zero-order valence-corrected chi connectivity index (χ0v) is 13.9. The molecule has 0 aliphatic carbocycles. The standard InChI is InChI=1S/C15H13Cl2N3S/c1-9-5-10(2)20-7-12(19-15(20)18-9)8-21-14-6-11(16)3-4-13(14)17/h3-7H,8H2,1-2H3. The molecule has 0 aliphatic heterocycles. The molecule has 0 bridgehead atoms. The maximum Gasteiger partial charge on any atom is 0.234 e. The van der Waals surface area contributed by atoms with Gasteiger partial charge < -0.3 is 0 Å². The summed E-state index contributed by atoms with van der Waals surface area (Å²) in [6, 6.07) is 7.51. The molecule has 2 heterocycles. The van der Waals surface area contributed by atoms with Crippen molar-refractivity contribution in [1.29, 1.82) is 0 Å². The van der Waals surface area contributed by atoms with Gasteiger partial charge in [0.1, 0.15) is 0 Å². The van der Waals surface area contributed by atoms with E-state index < -0.39 is 0 Å². The normalized spacial score (nSPS) is 11.2. The van der Waals surface area contributed by atoms with Crippen LogP contribution in [0.3, 0.4) is 0 Å². The van der Waals surface area contributed by atoms with Crippen molar-refractivity contribution < 1.29 is 0 Å². The minimum absolute atomic E-state index is 0.685. The third kappa shape index (κ3) is 3.18. The van der Waals surface area contributed by atoms with E-state index in [9.17, 15) is 0 Å². The van der Waals surface area contributed by atoms with E-state index >= 15 is 0 Å². The summed E-state index contributed by atoms with van der Waals surface area (Å²) in [5.41, 5.74) is 3.07. The van der Waals surface area contributed by atoms with Crippen LogP contribution >= 0.6 is 35.0 Å². The summed E-state index contributed by atoms with van der Waals surface area (Å²) < 4.78 is 2.00. The summed E-state index contributed by atoms with van der Waals surface area (Å²) in [4.78, 5) is 9.96. The first-order valence-electron chi connectivity index (χ1n) is 6.43. The predicted octanol–water partition coefficient (Wildman–Crippen LogP) is 4.95. The monoisotopic (exact) mass is 337 g/mol. The smallest absolute Gasteiger partial charge is 0.234 e. The van der Waals surface area contributed by atoms with Crippen LogP contribution in [0.2, 0.25) is 10.0 Å². The Labute approximate surface area is 137 Å². The molecule has 0 atom stereocenters. The van der Waals surface area contributed by atoms with Crippen molar-refractivity contribution >= 4 is 40.7 Å². The van der Waals surface area contributed by atoms with E-state index in [1.807, 2.05) is 42.6 Å². The summed E-state index contributed by atoms with van der Waals surface area (Å²) in [5.74, 6) is 1.46. The first-order chi connectivity index (χ1) is 10.0. The molecule has 0 fully saturated rings. The number of benzene rings is 1. The summed E-state index contributed by atoms with van der Waals surface area (Å²) in [5, 5.41) is 1.39. The lowest BCUT2D eigenvalue weighted by atomic mass is 10.3. The van der Waals surface area contributed by atoms with Crippen molar-refractivity contribution in [3.8, 4) is 0 Å². The number of imidazole rings is 1. The van der Waals surface area contributed by atoms with E-state index in [2.05, 4.69) is 9.97 Å². The largest absolute Gasteiger partial charge is 0.288 e. The van der Waals surface area contributed by atoms with Crippen LogP contribution in [0.4, 0.5) is 0 Å². The number of aromatic nitrogens is 3. The van der Waals surface area contributed by atoms with Gasteiger partial charge in [-0.3, -0.25) is 4.40 Å². The van der Waals surface area contributed by atoms with Gasteiger partial charge in [-0.2, -0.15) is 0 Å². The molecule has 21 heavy (non-hydrogen) atoms. The maximum absolute atomic E-state index is 6.17. The van der Waals surface area contributed by atoms with Crippen LogP contribution in [0.15, 0.2) is 35.4 Å². The van der Waals surface area contributed by atoms with Gasteiger partial charge >= 0.3 is 0 Å². The predicted molar refractivity (Wildman–Crippen MR) is 88.5 cm³/mol. The van der Waals surface area contributed by atoms with Crippen LogP contribution in [-0.2, 0) is 5.75 Å². The number of fused-ring (bicyclic) bond motifs is 1. The van der Waals surface area contributed by atoms with Crippen molar-refractivity contribution in [2.75, 3.05) is 0 Å². The molecule has 0 saturated carbocycles. The fraction of sp³-hybridized carbons (Fsp3) is 0.200. The van der Waals surface area contributed by atoms with E-state index in [1.165, 1.54) is 0 Å². The SMILES string of the molecule is Cc1cc(C)n2cc(CSc3cc(Cl)ccc3Cl)nc2n1. The van der Waals surface area contributed by atoms with Crippen LogP contribution in [0.5, 0.6) is 0 Å². The van der Waals surface area contributed by atoms with Crippen LogP contribution in [0, 0.1) is 13.8 Å². The molecule has 0 aliphatic rings. The molecule has 2 aromatic heterocycles. The molecular formula is C15H13Cl2N3S. The molecule has 6 heteroatoms. The third-order valence-corrected chi connectivity index (χ3v) is 4.85. The van der Waals surface area contributed by atoms with Gasteiger partial charge in [-0.25, -0.2) is 9.97 Å². The number of thioether (sulfide) groups is 1. The van der Waals surface area contributed by atoms with Crippen molar-refractivity contribution in [3.63, 3.8) is 0 Å². The highest BCUT2D eigenvalue weighted by Gasteiger charge is 2.08. The maximum atomic E-state index is 6.17. The lowest BCUT2D eigenvalue weighted by molar-refractivity contribution is 1.01. The molecule has 1 aromatic carbocycles. The van der Waals surface area contributed by atoms with E-state index in [0.717, 1.165) is 33.5 Å². The van der Waals surface area contributed by atoms with E-state index in [4.69, 9.17) is 23.2 Å². The fourth-order valence-electron chi connectivity index (χ4n) is 2.13. The average molecular weight is 338 g/mol. The summed E-state index contributed by atoms with van der Waals surface area (Å²) in [6.07, 6.45) is 2.02. The van der Waals surface area contributed by atoms with Gasteiger partial charge in [0.05, 0.1) is 10.7 Å². The second-order valence-corrected chi connectivity index (χ2v) is 6.67. The van der Waals surface area contributed by atoms with Gasteiger partial charge in [-0.1, -0.05) is 23.2 Å². The lowest BCUT2D eigenvalue weighted by Gasteiger charge is -2.02. The summed E-state index contributed by atoms with van der Waals surface area (Å²) >= 11 is 13.8. The minimum Gasteiger partial charge on any atom is -0.288 e. The van der Waals surface area contributed by atoms with Crippen LogP contribution in [0.1, 0.15) is 17.1 Å². The van der Waals surface area contributed by atoms with Crippen molar-refractivity contribution in [1.82, 2.24) is 14.4 Å². The van der Waals surface area contributed by atoms with Gasteiger partial charge in [0.25, 0.3) is 0 Å². The van der Waals surface area contributed by atoms with Crippen LogP contribution in [0.25, 0.3) is 5.78 Å². The number of hydrogen-bond acceptors (Lipinski definition) is 3. The molecule has 3 nitrogen and oxygen atoms in total. The Morgan fingerprint density at radius 3 is 2.76 bits per heavy atom. The van der Waals surface area contributed by atoms with Crippen molar-refractivity contribution in [2.24, 2.45) is 0 Å². The first-order valence-corrected chi connectivity index (χ1v) is 8.17. The molecule has 0 spiro atoms. The highest BCUT2D eigenvalue weighted by Crippen LogP contribution is 2.31. The van der Waals surface area contributed by atoms with Gasteiger partial charge in [-0.05, 0) is 38.1 Å². The highest BCUT2D eigenvalue weighted by atomic mass is 35.5. The van der Waals surface area contributed by atoms with E-state index in [-0.39, 0.29) is 0 Å². The average Bonchev–Trinajstić information content (AvgIpc) is 2.83. The van der Waals surface area contributed by atoms with Crippen LogP contribution < -0.4 is 0 Å².